The molecule has 1 N–H and O–H groups in total. The van der Waals surface area contributed by atoms with Gasteiger partial charge in [0.15, 0.2) is 0 Å². The predicted octanol–water partition coefficient (Wildman–Crippen LogP) is 2.58. The maximum atomic E-state index is 13.6. The van der Waals surface area contributed by atoms with Gasteiger partial charge in [-0.25, -0.2) is 9.18 Å². The summed E-state index contributed by atoms with van der Waals surface area (Å²) in [5.41, 5.74) is -2.25. The van der Waals surface area contributed by atoms with Crippen LogP contribution < -0.4 is 0 Å². The molecule has 1 unspecified atom stereocenters. The van der Waals surface area contributed by atoms with Crippen molar-refractivity contribution in [1.82, 2.24) is 4.90 Å². The number of aliphatic carboxylic acids is 1. The Hall–Kier alpha value is -2.03. The third-order valence-corrected chi connectivity index (χ3v) is 4.63. The number of halogens is 2. The van der Waals surface area contributed by atoms with Crippen molar-refractivity contribution in [2.45, 2.75) is 25.3 Å². The molecule has 2 rings (SSSR count). The van der Waals surface area contributed by atoms with Crippen LogP contribution in [0.5, 0.6) is 0 Å². The van der Waals surface area contributed by atoms with E-state index in [-0.39, 0.29) is 23.0 Å². The largest absolute Gasteiger partial charge is 0.480 e. The zero-order valence-electron chi connectivity index (χ0n) is 11.5. The van der Waals surface area contributed by atoms with Crippen LogP contribution in [0.3, 0.4) is 0 Å². The first-order valence-electron chi connectivity index (χ1n) is 6.37. The zero-order chi connectivity index (χ0) is 16.7. The molecule has 0 bridgehead atoms. The number of benzene rings is 1. The second-order valence-electron chi connectivity index (χ2n) is 5.18. The van der Waals surface area contributed by atoms with E-state index in [2.05, 4.69) is 15.9 Å². The van der Waals surface area contributed by atoms with E-state index in [0.29, 0.717) is 12.5 Å². The van der Waals surface area contributed by atoms with Crippen molar-refractivity contribution in [3.63, 3.8) is 0 Å². The van der Waals surface area contributed by atoms with Gasteiger partial charge in [0.1, 0.15) is 15.8 Å². The van der Waals surface area contributed by atoms with Crippen molar-refractivity contribution in [1.29, 1.82) is 0 Å². The fraction of sp³-hybridized carbons (Fsp3) is 0.385. The molecule has 1 amide bonds. The maximum absolute atomic E-state index is 13.6. The Balaban J connectivity index is 2.51. The van der Waals surface area contributed by atoms with Crippen molar-refractivity contribution in [2.24, 2.45) is 0 Å². The summed E-state index contributed by atoms with van der Waals surface area (Å²) in [7, 11) is 0. The lowest BCUT2D eigenvalue weighted by Crippen LogP contribution is -2.50. The van der Waals surface area contributed by atoms with Gasteiger partial charge in [-0.15, -0.1) is 0 Å². The smallest absolute Gasteiger partial charge is 0.329 e. The minimum atomic E-state index is -1.41. The molecule has 1 aromatic carbocycles. The molecule has 1 atom stereocenters. The van der Waals surface area contributed by atoms with Crippen LogP contribution in [0.15, 0.2) is 16.6 Å². The fourth-order valence-electron chi connectivity index (χ4n) is 2.52. The van der Waals surface area contributed by atoms with Crippen LogP contribution in [0.25, 0.3) is 0 Å². The van der Waals surface area contributed by atoms with Crippen molar-refractivity contribution in [2.75, 3.05) is 6.54 Å². The Morgan fingerprint density at radius 1 is 1.50 bits per heavy atom. The van der Waals surface area contributed by atoms with Gasteiger partial charge in [-0.05, 0) is 41.8 Å². The molecule has 1 saturated heterocycles. The van der Waals surface area contributed by atoms with Gasteiger partial charge in [0.25, 0.3) is 11.6 Å². The average molecular weight is 375 g/mol. The van der Waals surface area contributed by atoms with Gasteiger partial charge in [0.05, 0.1) is 16.6 Å². The zero-order valence-corrected chi connectivity index (χ0v) is 13.1. The molecule has 1 heterocycles. The second-order valence-corrected chi connectivity index (χ2v) is 5.98. The summed E-state index contributed by atoms with van der Waals surface area (Å²) >= 11 is 2.94. The number of hydrogen-bond donors (Lipinski definition) is 1. The van der Waals surface area contributed by atoms with Crippen LogP contribution >= 0.6 is 15.9 Å². The standard InChI is InChI=1S/C13H12BrFN2O5/c1-13(12(19)20)3-2-4-16(13)11(18)8-5-7(15)6-9(10(8)14)17(21)22/h5-6H,2-4H2,1H3,(H,19,20). The van der Waals surface area contributed by atoms with Gasteiger partial charge in [-0.3, -0.25) is 14.9 Å². The number of carboxylic acid groups (broad SMARTS) is 1. The Bertz CT molecular complexity index is 681. The second kappa shape index (κ2) is 5.64. The van der Waals surface area contributed by atoms with Crippen molar-refractivity contribution in [3.05, 3.63) is 38.1 Å². The molecule has 1 aliphatic heterocycles. The maximum Gasteiger partial charge on any atom is 0.329 e. The van der Waals surface area contributed by atoms with Crippen LogP contribution in [-0.4, -0.2) is 38.9 Å². The first-order chi connectivity index (χ1) is 10.2. The molecule has 0 aliphatic carbocycles. The van der Waals surface area contributed by atoms with E-state index in [1.807, 2.05) is 0 Å². The monoisotopic (exact) mass is 374 g/mol. The molecule has 0 saturated carbocycles. The van der Waals surface area contributed by atoms with Crippen LogP contribution in [0.2, 0.25) is 0 Å². The molecule has 7 nitrogen and oxygen atoms in total. The quantitative estimate of drug-likeness (QED) is 0.647. The molecule has 0 aromatic heterocycles. The van der Waals surface area contributed by atoms with Gasteiger partial charge >= 0.3 is 5.97 Å². The number of carboxylic acids is 1. The fourth-order valence-corrected chi connectivity index (χ4v) is 3.06. The minimum absolute atomic E-state index is 0.163. The van der Waals surface area contributed by atoms with Gasteiger partial charge < -0.3 is 10.0 Å². The SMILES string of the molecule is CC1(C(=O)O)CCCN1C(=O)c1cc(F)cc([N+](=O)[O-])c1Br. The molecule has 1 fully saturated rings. The molecular formula is C13H12BrFN2O5. The van der Waals surface area contributed by atoms with E-state index in [9.17, 15) is 29.2 Å². The highest BCUT2D eigenvalue weighted by atomic mass is 79.9. The van der Waals surface area contributed by atoms with Gasteiger partial charge in [0.2, 0.25) is 0 Å². The lowest BCUT2D eigenvalue weighted by atomic mass is 9.98. The summed E-state index contributed by atoms with van der Waals surface area (Å²) < 4.78 is 13.4. The number of nitro groups is 1. The Kier molecular flexibility index (Phi) is 4.19. The Labute approximate surface area is 133 Å². The van der Waals surface area contributed by atoms with E-state index < -0.39 is 33.8 Å². The minimum Gasteiger partial charge on any atom is -0.480 e. The van der Waals surface area contributed by atoms with Crippen molar-refractivity contribution >= 4 is 33.5 Å². The van der Waals surface area contributed by atoms with E-state index in [1.54, 1.807) is 0 Å². The summed E-state index contributed by atoms with van der Waals surface area (Å²) in [5.74, 6) is -2.85. The number of hydrogen-bond acceptors (Lipinski definition) is 4. The van der Waals surface area contributed by atoms with E-state index in [1.165, 1.54) is 6.92 Å². The van der Waals surface area contributed by atoms with E-state index in [0.717, 1.165) is 11.0 Å². The summed E-state index contributed by atoms with van der Waals surface area (Å²) in [6.07, 6.45) is 0.757. The number of nitro benzene ring substituents is 1. The number of carbonyl (C=O) groups is 2. The highest BCUT2D eigenvalue weighted by Gasteiger charge is 2.46. The first-order valence-corrected chi connectivity index (χ1v) is 7.16. The van der Waals surface area contributed by atoms with Crippen molar-refractivity contribution < 1.29 is 24.0 Å². The third-order valence-electron chi connectivity index (χ3n) is 3.79. The number of rotatable bonds is 3. The molecule has 0 radical (unpaired) electrons. The lowest BCUT2D eigenvalue weighted by Gasteiger charge is -2.31. The molecule has 22 heavy (non-hydrogen) atoms. The van der Waals surface area contributed by atoms with Crippen LogP contribution in [0, 0.1) is 15.9 Å². The molecular weight excluding hydrogens is 363 g/mol. The summed E-state index contributed by atoms with van der Waals surface area (Å²) in [6.45, 7) is 1.60. The number of likely N-dealkylation sites (tertiary alicyclic amines) is 1. The third kappa shape index (κ3) is 2.56. The first kappa shape index (κ1) is 16.3. The lowest BCUT2D eigenvalue weighted by molar-refractivity contribution is -0.385. The van der Waals surface area contributed by atoms with Gasteiger partial charge in [-0.1, -0.05) is 0 Å². The van der Waals surface area contributed by atoms with Crippen LogP contribution in [-0.2, 0) is 4.79 Å². The molecule has 9 heteroatoms. The summed E-state index contributed by atoms with van der Waals surface area (Å²) in [5, 5.41) is 20.2. The van der Waals surface area contributed by atoms with Crippen LogP contribution in [0.1, 0.15) is 30.1 Å². The Morgan fingerprint density at radius 2 is 2.14 bits per heavy atom. The van der Waals surface area contributed by atoms with Gasteiger partial charge in [0, 0.05) is 6.54 Å². The van der Waals surface area contributed by atoms with Gasteiger partial charge in [-0.2, -0.15) is 0 Å². The summed E-state index contributed by atoms with van der Waals surface area (Å²) in [6, 6.07) is 1.56. The molecule has 1 aliphatic rings. The topological polar surface area (TPSA) is 101 Å². The predicted molar refractivity (Wildman–Crippen MR) is 77.1 cm³/mol. The molecule has 1 aromatic rings. The van der Waals surface area contributed by atoms with E-state index >= 15 is 0 Å². The van der Waals surface area contributed by atoms with E-state index in [4.69, 9.17) is 0 Å². The average Bonchev–Trinajstić information content (AvgIpc) is 2.83. The molecule has 0 spiro atoms. The number of nitrogens with zero attached hydrogens (tertiary/aromatic N) is 2. The summed E-state index contributed by atoms with van der Waals surface area (Å²) in [4.78, 5) is 35.2. The molecule has 118 valence electrons. The van der Waals surface area contributed by atoms with Crippen LogP contribution in [0.4, 0.5) is 10.1 Å². The highest BCUT2D eigenvalue weighted by molar-refractivity contribution is 9.10. The normalized spacial score (nSPS) is 21.0. The number of carbonyl (C=O) groups excluding carboxylic acids is 1. The van der Waals surface area contributed by atoms with Crippen molar-refractivity contribution in [3.8, 4) is 0 Å². The Morgan fingerprint density at radius 3 is 2.68 bits per heavy atom. The highest BCUT2D eigenvalue weighted by Crippen LogP contribution is 2.35. The number of amides is 1.